The van der Waals surface area contributed by atoms with Gasteiger partial charge in [-0.15, -0.1) is 0 Å². The summed E-state index contributed by atoms with van der Waals surface area (Å²) in [6.45, 7) is 17.0. The number of hydrogen-bond acceptors (Lipinski definition) is 7. The highest BCUT2D eigenvalue weighted by molar-refractivity contribution is 7.88. The maximum Gasteiger partial charge on any atom is 0.315 e. The van der Waals surface area contributed by atoms with E-state index in [0.717, 1.165) is 10.6 Å². The molecule has 0 saturated carbocycles. The number of nitrogens with two attached hydrogens (primary N) is 1. The molecule has 0 aromatic carbocycles. The Balaban J connectivity index is 3.33. The normalized spacial score (nSPS) is 20.0. The number of primary amides is 1. The minimum Gasteiger partial charge on any atom is -0.363 e. The van der Waals surface area contributed by atoms with Crippen LogP contribution in [0.25, 0.3) is 0 Å². The molecule has 1 saturated heterocycles. The molecule has 1 heterocycles. The first-order valence-electron chi connectivity index (χ1n) is 14.9. The predicted molar refractivity (Wildman–Crippen MR) is 165 cm³/mol. The van der Waals surface area contributed by atoms with Gasteiger partial charge in [0.2, 0.25) is 27.6 Å². The van der Waals surface area contributed by atoms with Crippen LogP contribution < -0.4 is 21.7 Å². The van der Waals surface area contributed by atoms with Crippen LogP contribution in [-0.2, 0) is 29.2 Å². The minimum absolute atomic E-state index is 0.0220. The Morgan fingerprint density at radius 2 is 1.53 bits per heavy atom. The highest BCUT2D eigenvalue weighted by atomic mass is 32.2. The second kappa shape index (κ2) is 14.8. The number of sulfonamides is 1. The maximum atomic E-state index is 14.1. The van der Waals surface area contributed by atoms with Gasteiger partial charge in [0.15, 0.2) is 0 Å². The lowest BCUT2D eigenvalue weighted by Crippen LogP contribution is -2.62. The number of Topliss-reactive ketones (excluding diaryl/α,β-unsaturated/α-hetero) is 1. The van der Waals surface area contributed by atoms with Crippen LogP contribution in [0.2, 0.25) is 0 Å². The Labute approximate surface area is 257 Å². The molecule has 14 heteroatoms. The largest absolute Gasteiger partial charge is 0.363 e. The number of carbonyl (C=O) groups excluding carboxylic acids is 5. The number of nitrogens with one attached hydrogen (secondary N) is 3. The Kier molecular flexibility index (Phi) is 13.2. The molecule has 43 heavy (non-hydrogen) atoms. The maximum absolute atomic E-state index is 14.1. The van der Waals surface area contributed by atoms with Crippen molar-refractivity contribution in [1.82, 2.24) is 25.2 Å². The van der Waals surface area contributed by atoms with Gasteiger partial charge in [-0.25, -0.2) is 17.5 Å². The zero-order valence-corrected chi connectivity index (χ0v) is 28.6. The third-order valence-electron chi connectivity index (χ3n) is 8.05. The van der Waals surface area contributed by atoms with Gasteiger partial charge in [0.25, 0.3) is 5.91 Å². The molecule has 5 N–H and O–H groups in total. The lowest BCUT2D eigenvalue weighted by molar-refractivity contribution is -0.144. The van der Waals surface area contributed by atoms with E-state index < -0.39 is 74.6 Å². The summed E-state index contributed by atoms with van der Waals surface area (Å²) in [5.41, 5.74) is 3.93. The fourth-order valence-electron chi connectivity index (χ4n) is 5.16. The van der Waals surface area contributed by atoms with Crippen LogP contribution in [0.3, 0.4) is 0 Å². The molecule has 0 aliphatic carbocycles. The zero-order chi connectivity index (χ0) is 33.7. The standard InChI is InChI=1S/C29H54N6O7S/c1-12-13-19(22(36)24(30)37)31-25(38)21-18(17(2)3)14-15-35(21)26(39)23(29(7,8)9)33-27(40)32-20(28(4,5)6)16-34(10)43(11,41)42/h17-21,23H,12-16H2,1-11H3,(H2,30,37)(H,31,38)(H2,32,33,40)/t18-,19?,20-,21+,23-/m1/s1. The second-order valence-electron chi connectivity index (χ2n) is 14.1. The van der Waals surface area contributed by atoms with E-state index in [1.807, 2.05) is 41.5 Å². The molecule has 0 spiro atoms. The smallest absolute Gasteiger partial charge is 0.315 e. The first kappa shape index (κ1) is 38.3. The summed E-state index contributed by atoms with van der Waals surface area (Å²) < 4.78 is 25.2. The van der Waals surface area contributed by atoms with Crippen LogP contribution in [-0.4, -0.2) is 97.7 Å². The van der Waals surface area contributed by atoms with Gasteiger partial charge < -0.3 is 26.6 Å². The average molecular weight is 631 g/mol. The molecule has 1 aliphatic rings. The number of ketones is 1. The van der Waals surface area contributed by atoms with Crippen molar-refractivity contribution < 1.29 is 32.4 Å². The summed E-state index contributed by atoms with van der Waals surface area (Å²) in [7, 11) is -2.07. The Hall–Kier alpha value is -2.74. The summed E-state index contributed by atoms with van der Waals surface area (Å²) in [5.74, 6) is -3.24. The van der Waals surface area contributed by atoms with Crippen molar-refractivity contribution in [3.8, 4) is 0 Å². The second-order valence-corrected chi connectivity index (χ2v) is 16.2. The fourth-order valence-corrected chi connectivity index (χ4v) is 5.58. The first-order chi connectivity index (χ1) is 19.4. The quantitative estimate of drug-likeness (QED) is 0.220. The molecular weight excluding hydrogens is 576 g/mol. The van der Waals surface area contributed by atoms with E-state index in [-0.39, 0.29) is 31.3 Å². The Bertz CT molecular complexity index is 1140. The molecule has 5 atom stereocenters. The molecule has 0 radical (unpaired) electrons. The molecule has 1 rings (SSSR count). The number of urea groups is 1. The molecule has 1 unspecified atom stereocenters. The molecule has 0 aromatic rings. The third kappa shape index (κ3) is 10.7. The summed E-state index contributed by atoms with van der Waals surface area (Å²) in [4.78, 5) is 66.6. The highest BCUT2D eigenvalue weighted by Crippen LogP contribution is 2.33. The Morgan fingerprint density at radius 3 is 1.95 bits per heavy atom. The van der Waals surface area contributed by atoms with E-state index in [1.54, 1.807) is 20.8 Å². The van der Waals surface area contributed by atoms with Gasteiger partial charge in [-0.2, -0.15) is 0 Å². The van der Waals surface area contributed by atoms with E-state index in [2.05, 4.69) is 16.0 Å². The van der Waals surface area contributed by atoms with Crippen LogP contribution in [0.15, 0.2) is 0 Å². The predicted octanol–water partition coefficient (Wildman–Crippen LogP) is 1.22. The van der Waals surface area contributed by atoms with E-state index in [0.29, 0.717) is 12.8 Å². The van der Waals surface area contributed by atoms with Crippen molar-refractivity contribution in [2.75, 3.05) is 26.4 Å². The van der Waals surface area contributed by atoms with Gasteiger partial charge in [0.1, 0.15) is 12.1 Å². The van der Waals surface area contributed by atoms with Crippen molar-refractivity contribution in [3.63, 3.8) is 0 Å². The number of likely N-dealkylation sites (N-methyl/N-ethyl adjacent to an activating group) is 1. The number of likely N-dealkylation sites (tertiary alicyclic amines) is 1. The van der Waals surface area contributed by atoms with Gasteiger partial charge in [-0.3, -0.25) is 19.2 Å². The molecule has 0 aromatic heterocycles. The number of amides is 5. The summed E-state index contributed by atoms with van der Waals surface area (Å²) in [6, 6.07) is -4.29. The average Bonchev–Trinajstić information content (AvgIpc) is 3.29. The number of rotatable bonds is 13. The number of nitrogens with zero attached hydrogens (tertiary/aromatic N) is 2. The molecule has 13 nitrogen and oxygen atoms in total. The highest BCUT2D eigenvalue weighted by Gasteiger charge is 2.47. The fraction of sp³-hybridized carbons (Fsp3) is 0.828. The zero-order valence-electron chi connectivity index (χ0n) is 27.7. The van der Waals surface area contributed by atoms with E-state index in [4.69, 9.17) is 5.73 Å². The minimum atomic E-state index is -3.50. The molecule has 5 amide bonds. The van der Waals surface area contributed by atoms with Crippen molar-refractivity contribution in [1.29, 1.82) is 0 Å². The van der Waals surface area contributed by atoms with E-state index >= 15 is 0 Å². The molecule has 1 fully saturated rings. The van der Waals surface area contributed by atoms with Gasteiger partial charge in [-0.05, 0) is 35.5 Å². The van der Waals surface area contributed by atoms with Crippen LogP contribution >= 0.6 is 0 Å². The van der Waals surface area contributed by atoms with Crippen LogP contribution in [0, 0.1) is 22.7 Å². The van der Waals surface area contributed by atoms with Gasteiger partial charge in [-0.1, -0.05) is 68.7 Å². The topological polar surface area (TPSA) is 188 Å². The SMILES string of the molecule is CCCC(NC(=O)[C@@H]1[C@@H](C(C)C)CCN1C(=O)[C@@H](NC(=O)N[C@H](CN(C)S(C)(=O)=O)C(C)(C)C)C(C)(C)C)C(=O)C(N)=O. The Morgan fingerprint density at radius 1 is 0.977 bits per heavy atom. The van der Waals surface area contributed by atoms with Gasteiger partial charge >= 0.3 is 6.03 Å². The third-order valence-corrected chi connectivity index (χ3v) is 9.33. The van der Waals surface area contributed by atoms with Crippen molar-refractivity contribution in [3.05, 3.63) is 0 Å². The van der Waals surface area contributed by atoms with Crippen LogP contribution in [0.1, 0.15) is 81.6 Å². The van der Waals surface area contributed by atoms with E-state index in [9.17, 15) is 32.4 Å². The van der Waals surface area contributed by atoms with Gasteiger partial charge in [0.05, 0.1) is 12.3 Å². The molecule has 248 valence electrons. The summed E-state index contributed by atoms with van der Waals surface area (Å²) in [5, 5.41) is 8.30. The number of carbonyl (C=O) groups is 5. The van der Waals surface area contributed by atoms with Crippen molar-refractivity contribution in [2.24, 2.45) is 28.4 Å². The van der Waals surface area contributed by atoms with Crippen LogP contribution in [0.5, 0.6) is 0 Å². The first-order valence-corrected chi connectivity index (χ1v) is 16.7. The molecular formula is C29H54N6O7S. The summed E-state index contributed by atoms with van der Waals surface area (Å²) in [6.07, 6.45) is 2.36. The lowest BCUT2D eigenvalue weighted by atomic mass is 9.84. The molecule has 1 aliphatic heterocycles. The number of hydrogen-bond donors (Lipinski definition) is 4. The van der Waals surface area contributed by atoms with E-state index in [1.165, 1.54) is 11.9 Å². The van der Waals surface area contributed by atoms with Crippen molar-refractivity contribution >= 4 is 39.6 Å². The van der Waals surface area contributed by atoms with Crippen LogP contribution in [0.4, 0.5) is 4.79 Å². The lowest BCUT2D eigenvalue weighted by Gasteiger charge is -2.38. The summed E-state index contributed by atoms with van der Waals surface area (Å²) >= 11 is 0. The van der Waals surface area contributed by atoms with Crippen molar-refractivity contribution in [2.45, 2.75) is 106 Å². The van der Waals surface area contributed by atoms with Gasteiger partial charge in [0, 0.05) is 26.2 Å². The monoisotopic (exact) mass is 630 g/mol. The molecule has 0 bridgehead atoms.